The highest BCUT2D eigenvalue weighted by Crippen LogP contribution is 2.41. The van der Waals surface area contributed by atoms with Gasteiger partial charge in [-0.2, -0.15) is 0 Å². The maximum atomic E-state index is 14.5. The van der Waals surface area contributed by atoms with Crippen LogP contribution in [0.15, 0.2) is 107 Å². The van der Waals surface area contributed by atoms with Crippen molar-refractivity contribution in [1.82, 2.24) is 40.4 Å². The first-order chi connectivity index (χ1) is 37.4. The average Bonchev–Trinajstić information content (AvgIpc) is 4.30. The quantitative estimate of drug-likeness (QED) is 0.0863. The topological polar surface area (TPSA) is 217 Å². The van der Waals surface area contributed by atoms with Crippen LogP contribution in [0.1, 0.15) is 107 Å². The fourth-order valence-electron chi connectivity index (χ4n) is 12.9. The number of nitrogens with one attached hydrogen (secondary N) is 1. The van der Waals surface area contributed by atoms with Crippen molar-refractivity contribution in [1.29, 1.82) is 0 Å². The van der Waals surface area contributed by atoms with Gasteiger partial charge in [0.2, 0.25) is 17.6 Å². The molecule has 0 spiro atoms. The molecule has 18 nitrogen and oxygen atoms in total. The number of fused-ring (bicyclic) bond motifs is 2. The van der Waals surface area contributed by atoms with Gasteiger partial charge in [0.15, 0.2) is 17.4 Å². The fraction of sp³-hybridized carbons (Fsp3) is 0.466. The summed E-state index contributed by atoms with van der Waals surface area (Å²) in [6.45, 7) is 9.54. The number of aromatic hydroxyl groups is 1. The number of carbonyl (C=O) groups is 1. The van der Waals surface area contributed by atoms with Crippen LogP contribution < -0.4 is 25.6 Å². The van der Waals surface area contributed by atoms with Crippen LogP contribution in [0.25, 0.3) is 22.4 Å². The third-order valence-electron chi connectivity index (χ3n) is 17.1. The maximum Gasteiger partial charge on any atom is 0.254 e. The number of halogens is 1. The Kier molecular flexibility index (Phi) is 13.7. The Labute approximate surface area is 447 Å². The predicted molar refractivity (Wildman–Crippen MR) is 288 cm³/mol. The van der Waals surface area contributed by atoms with Crippen LogP contribution >= 0.6 is 0 Å². The number of amidine groups is 1. The summed E-state index contributed by atoms with van der Waals surface area (Å²) in [5.74, 6) is 1.69. The number of piperidine rings is 1. The molecule has 6 aliphatic rings. The van der Waals surface area contributed by atoms with E-state index in [4.69, 9.17) is 29.8 Å². The number of aliphatic hydroxyl groups is 1. The van der Waals surface area contributed by atoms with E-state index < -0.39 is 23.8 Å². The first kappa shape index (κ1) is 50.4. The lowest BCUT2D eigenvalue weighted by Crippen LogP contribution is -2.54. The van der Waals surface area contributed by atoms with E-state index in [0.717, 1.165) is 100 Å². The second kappa shape index (κ2) is 20.9. The minimum Gasteiger partial charge on any atom is -0.507 e. The summed E-state index contributed by atoms with van der Waals surface area (Å²) in [6.07, 6.45) is 11.7. The molecule has 1 amide bonds. The highest BCUT2D eigenvalue weighted by atomic mass is 19.1. The van der Waals surface area contributed by atoms with Gasteiger partial charge in [-0.15, -0.1) is 10.2 Å². The van der Waals surface area contributed by atoms with Gasteiger partial charge in [0.25, 0.3) is 5.88 Å². The third kappa shape index (κ3) is 9.99. The molecule has 0 radical (unpaired) electrons. The van der Waals surface area contributed by atoms with Crippen molar-refractivity contribution in [3.8, 4) is 34.0 Å². The minimum atomic E-state index is -1.04. The molecule has 6 atom stereocenters. The first-order valence-electron chi connectivity index (χ1n) is 27.4. The number of hydrogen-bond acceptors (Lipinski definition) is 17. The van der Waals surface area contributed by atoms with Gasteiger partial charge in [-0.3, -0.25) is 4.79 Å². The number of nitrogens with zero attached hydrogens (tertiary/aromatic N) is 10. The van der Waals surface area contributed by atoms with E-state index in [1.807, 2.05) is 63.2 Å². The number of aliphatic hydroxyl groups excluding tert-OH is 1. The second-order valence-corrected chi connectivity index (χ2v) is 22.4. The zero-order chi connectivity index (χ0) is 53.0. The van der Waals surface area contributed by atoms with E-state index in [9.17, 15) is 19.4 Å². The lowest BCUT2D eigenvalue weighted by Gasteiger charge is -2.42. The largest absolute Gasteiger partial charge is 0.507 e. The van der Waals surface area contributed by atoms with Gasteiger partial charge < -0.3 is 55.0 Å². The molecule has 12 rings (SSSR count). The average molecular weight is 1050 g/mol. The van der Waals surface area contributed by atoms with Crippen LogP contribution in [0.5, 0.6) is 11.6 Å². The molecule has 1 aliphatic carbocycles. The van der Waals surface area contributed by atoms with Crippen molar-refractivity contribution < 1.29 is 33.5 Å². The number of likely N-dealkylation sites (tertiary alicyclic amines) is 2. The number of para-hydroxylation sites is 1. The molecule has 402 valence electrons. The Bertz CT molecular complexity index is 3090. The smallest absolute Gasteiger partial charge is 0.254 e. The Morgan fingerprint density at radius 3 is 2.25 bits per heavy atom. The summed E-state index contributed by atoms with van der Waals surface area (Å²) in [4.78, 5) is 39.5. The molecule has 8 heterocycles. The van der Waals surface area contributed by atoms with Crippen molar-refractivity contribution in [2.45, 2.75) is 132 Å². The molecule has 3 aromatic carbocycles. The summed E-state index contributed by atoms with van der Waals surface area (Å²) < 4.78 is 26.8. The molecule has 5 N–H and O–H groups in total. The van der Waals surface area contributed by atoms with Crippen LogP contribution in [-0.4, -0.2) is 126 Å². The maximum absolute atomic E-state index is 14.5. The molecular formula is C58H67FN12O6. The number of oxime groups is 1. The Morgan fingerprint density at radius 2 is 1.55 bits per heavy atom. The van der Waals surface area contributed by atoms with E-state index in [-0.39, 0.29) is 48.1 Å². The zero-order valence-electron chi connectivity index (χ0n) is 43.8. The number of β-amino-alcohol motifs (C(OH)–C–C–N with tert-alkyl or cyclic N) is 1. The van der Waals surface area contributed by atoms with Crippen LogP contribution in [-0.2, 0) is 15.4 Å². The number of phenolic OH excluding ortho intramolecular Hbond substituents is 1. The van der Waals surface area contributed by atoms with E-state index in [1.165, 1.54) is 11.6 Å². The lowest BCUT2D eigenvalue weighted by atomic mass is 9.87. The van der Waals surface area contributed by atoms with E-state index >= 15 is 0 Å². The Hall–Kier alpha value is -7.38. The van der Waals surface area contributed by atoms with Gasteiger partial charge in [0.05, 0.1) is 23.5 Å². The van der Waals surface area contributed by atoms with Gasteiger partial charge >= 0.3 is 0 Å². The van der Waals surface area contributed by atoms with Crippen molar-refractivity contribution in [3.63, 3.8) is 0 Å². The molecule has 5 fully saturated rings. The van der Waals surface area contributed by atoms with Crippen LogP contribution in [0.4, 0.5) is 21.8 Å². The Balaban J connectivity index is 0.610. The van der Waals surface area contributed by atoms with Gasteiger partial charge in [0.1, 0.15) is 23.6 Å². The molecule has 6 aromatic rings. The summed E-state index contributed by atoms with van der Waals surface area (Å²) in [6, 6.07) is 25.3. The molecule has 4 saturated heterocycles. The molecule has 3 aromatic heterocycles. The number of phenols is 1. The second-order valence-electron chi connectivity index (χ2n) is 22.4. The van der Waals surface area contributed by atoms with E-state index in [2.05, 4.69) is 52.9 Å². The number of benzene rings is 3. The summed E-state index contributed by atoms with van der Waals surface area (Å²) in [5, 5.41) is 42.1. The van der Waals surface area contributed by atoms with Gasteiger partial charge in [-0.05, 0) is 117 Å². The number of piperazine rings is 1. The summed E-state index contributed by atoms with van der Waals surface area (Å²) in [5.41, 5.74) is 10.6. The van der Waals surface area contributed by atoms with Crippen molar-refractivity contribution in [2.24, 2.45) is 11.1 Å². The molecule has 19 heteroatoms. The monoisotopic (exact) mass is 1050 g/mol. The number of carbonyl (C=O) groups excluding carboxylic acids is 1. The number of anilines is 3. The number of nitrogen functional groups attached to an aromatic ring is 1. The highest BCUT2D eigenvalue weighted by molar-refractivity contribution is 5.94. The number of nitrogens with two attached hydrogens (primary N) is 1. The summed E-state index contributed by atoms with van der Waals surface area (Å²) in [7, 11) is 0. The predicted octanol–water partition coefficient (Wildman–Crippen LogP) is 7.95. The molecule has 5 aliphatic heterocycles. The van der Waals surface area contributed by atoms with Crippen molar-refractivity contribution in [3.05, 3.63) is 120 Å². The summed E-state index contributed by atoms with van der Waals surface area (Å²) >= 11 is 0. The van der Waals surface area contributed by atoms with Crippen molar-refractivity contribution in [2.75, 3.05) is 48.3 Å². The van der Waals surface area contributed by atoms with Crippen LogP contribution in [0, 0.1) is 11.7 Å². The standard InChI is InChI=1S/C58H67FN12O6/c1-34(2)53(56(74)70-33-42(72)26-49(70)55-63-58(3,77-67-55)38-14-12-36(13-15-38)44-8-4-6-10-46(44)59)51-28-52(66-76-51)75-43-20-18-39(19-21-43)68-24-22-35(23-25-68)37-29-61-57(62-30-37)71-40-16-17-41(71)32-69(31-40)48-27-47(64-65-54(48)60)45-9-5-7-11-50(45)73/h4-15,27-30,34-35,39-43,49,53,72-73H,16-26,31-33H2,1-3H3,(H2,60,65)(H,63,67)/t39-,40?,41?,42-,43-,49+,53-,58-/m1/s1. The van der Waals surface area contributed by atoms with E-state index in [1.54, 1.807) is 41.3 Å². The van der Waals surface area contributed by atoms with Gasteiger partial charge in [-0.1, -0.05) is 73.6 Å². The number of amides is 1. The van der Waals surface area contributed by atoms with Gasteiger partial charge in [-0.25, -0.2) is 14.4 Å². The fourth-order valence-corrected chi connectivity index (χ4v) is 12.9. The number of rotatable bonds is 13. The molecule has 2 bridgehead atoms. The van der Waals surface area contributed by atoms with Crippen molar-refractivity contribution >= 4 is 29.2 Å². The molecule has 1 saturated carbocycles. The number of aromatic nitrogens is 5. The number of ether oxygens (including phenoxy) is 1. The third-order valence-corrected chi connectivity index (χ3v) is 17.1. The zero-order valence-corrected chi connectivity index (χ0v) is 43.8. The van der Waals surface area contributed by atoms with E-state index in [0.29, 0.717) is 58.5 Å². The van der Waals surface area contributed by atoms with Crippen LogP contribution in [0.2, 0.25) is 0 Å². The normalized spacial score (nSPS) is 26.2. The first-order valence-corrected chi connectivity index (χ1v) is 27.4. The molecule has 2 unspecified atom stereocenters. The minimum absolute atomic E-state index is 0.00734. The van der Waals surface area contributed by atoms with Gasteiger partial charge in [0, 0.05) is 86.3 Å². The molecule has 77 heavy (non-hydrogen) atoms. The SMILES string of the molecule is CC(C)[C@@H](C(=O)N1C[C@H](O)C[C@H]1C1=NO[C@](C)(c2ccc(-c3ccccc3F)cc2)N1)c1cc(O[C@H]2CC[C@H](N3CCC(c4cnc(N5C6CCC5CN(c5cc(-c7ccccc7O)nnc5N)C6)nc4)CC3)CC2)no1. The lowest BCUT2D eigenvalue weighted by molar-refractivity contribution is -0.134. The Morgan fingerprint density at radius 1 is 0.857 bits per heavy atom. The highest BCUT2D eigenvalue weighted by Gasteiger charge is 2.47. The molecular weight excluding hydrogens is 980 g/mol. The number of hydrogen-bond donors (Lipinski definition) is 4. The van der Waals surface area contributed by atoms with Crippen LogP contribution in [0.3, 0.4) is 0 Å².